The molecule has 2 amide bonds. The van der Waals surface area contributed by atoms with E-state index in [1.54, 1.807) is 18.2 Å². The summed E-state index contributed by atoms with van der Waals surface area (Å²) >= 11 is 0. The summed E-state index contributed by atoms with van der Waals surface area (Å²) in [4.78, 5) is 25.8. The number of sulfonamides is 1. The summed E-state index contributed by atoms with van der Waals surface area (Å²) in [6.45, 7) is 1.87. The van der Waals surface area contributed by atoms with Gasteiger partial charge in [-0.15, -0.1) is 0 Å². The zero-order valence-corrected chi connectivity index (χ0v) is 19.6. The fourth-order valence-corrected chi connectivity index (χ4v) is 4.65. The second-order valence-corrected chi connectivity index (χ2v) is 10.2. The Kier molecular flexibility index (Phi) is 6.98. The lowest BCUT2D eigenvalue weighted by Crippen LogP contribution is -2.48. The monoisotopic (exact) mass is 477 g/mol. The predicted molar refractivity (Wildman–Crippen MR) is 131 cm³/mol. The van der Waals surface area contributed by atoms with E-state index < -0.39 is 22.0 Å². The van der Waals surface area contributed by atoms with Crippen LogP contribution in [0, 0.1) is 6.92 Å². The molecule has 7 nitrogen and oxygen atoms in total. The van der Waals surface area contributed by atoms with Gasteiger partial charge in [0.2, 0.25) is 5.91 Å². The number of rotatable bonds is 9. The van der Waals surface area contributed by atoms with E-state index in [9.17, 15) is 18.0 Å². The summed E-state index contributed by atoms with van der Waals surface area (Å²) in [5.41, 5.74) is 2.43. The number of amides is 2. The lowest BCUT2D eigenvalue weighted by Gasteiger charge is -2.19. The Morgan fingerprint density at radius 3 is 2.38 bits per heavy atom. The molecule has 0 spiro atoms. The number of hydrogen-bond donors (Lipinski definition) is 3. The quantitative estimate of drug-likeness (QED) is 0.439. The molecule has 3 aromatic rings. The maximum Gasteiger partial charge on any atom is 0.261 e. The van der Waals surface area contributed by atoms with Crippen LogP contribution >= 0.6 is 0 Å². The average molecular weight is 478 g/mol. The van der Waals surface area contributed by atoms with Gasteiger partial charge in [0, 0.05) is 23.7 Å². The highest BCUT2D eigenvalue weighted by Crippen LogP contribution is 2.20. The van der Waals surface area contributed by atoms with Gasteiger partial charge in [0.05, 0.1) is 4.90 Å². The third kappa shape index (κ3) is 6.23. The van der Waals surface area contributed by atoms with Gasteiger partial charge in [-0.2, -0.15) is 0 Å². The number of anilines is 1. The van der Waals surface area contributed by atoms with E-state index >= 15 is 0 Å². The minimum atomic E-state index is -3.90. The maximum absolute atomic E-state index is 13.0. The Morgan fingerprint density at radius 2 is 1.68 bits per heavy atom. The van der Waals surface area contributed by atoms with Gasteiger partial charge >= 0.3 is 0 Å². The van der Waals surface area contributed by atoms with Gasteiger partial charge in [-0.25, -0.2) is 8.42 Å². The van der Waals surface area contributed by atoms with Crippen LogP contribution in [0.3, 0.4) is 0 Å². The predicted octanol–water partition coefficient (Wildman–Crippen LogP) is 3.42. The molecule has 4 rings (SSSR count). The standard InChI is InChI=1S/C26H27N3O4S/c1-18-7-5-11-22(15-18)29-34(32,33)23-12-6-10-20(17-23)25(30)28-24(26(31)27-21-13-14-21)16-19-8-3-2-4-9-19/h2-12,15,17,21,24,29H,13-14,16H2,1H3,(H,27,31)(H,28,30). The van der Waals surface area contributed by atoms with E-state index in [0.717, 1.165) is 24.0 Å². The van der Waals surface area contributed by atoms with Crippen LogP contribution in [-0.4, -0.2) is 32.3 Å². The third-order valence-corrected chi connectivity index (χ3v) is 6.88. The molecular formula is C26H27N3O4S. The van der Waals surface area contributed by atoms with Gasteiger partial charge in [0.1, 0.15) is 6.04 Å². The molecule has 0 radical (unpaired) electrons. The SMILES string of the molecule is Cc1cccc(NS(=O)(=O)c2cccc(C(=O)NC(Cc3ccccc3)C(=O)NC3CC3)c2)c1. The highest BCUT2D eigenvalue weighted by atomic mass is 32.2. The van der Waals surface area contributed by atoms with Gasteiger partial charge in [-0.05, 0) is 61.2 Å². The van der Waals surface area contributed by atoms with E-state index in [4.69, 9.17) is 0 Å². The lowest BCUT2D eigenvalue weighted by molar-refractivity contribution is -0.123. The second-order valence-electron chi connectivity index (χ2n) is 8.50. The number of benzene rings is 3. The van der Waals surface area contributed by atoms with E-state index in [2.05, 4.69) is 15.4 Å². The van der Waals surface area contributed by atoms with Gasteiger partial charge < -0.3 is 10.6 Å². The summed E-state index contributed by atoms with van der Waals surface area (Å²) in [6.07, 6.45) is 2.20. The van der Waals surface area contributed by atoms with Crippen molar-refractivity contribution in [3.8, 4) is 0 Å². The topological polar surface area (TPSA) is 104 Å². The molecule has 34 heavy (non-hydrogen) atoms. The van der Waals surface area contributed by atoms with Crippen molar-refractivity contribution in [3.05, 3.63) is 95.6 Å². The van der Waals surface area contributed by atoms with Crippen molar-refractivity contribution in [2.75, 3.05) is 4.72 Å². The van der Waals surface area contributed by atoms with Crippen molar-refractivity contribution in [2.24, 2.45) is 0 Å². The molecule has 1 saturated carbocycles. The first-order valence-corrected chi connectivity index (χ1v) is 12.6. The number of hydrogen-bond acceptors (Lipinski definition) is 4. The van der Waals surface area contributed by atoms with E-state index in [1.807, 2.05) is 43.3 Å². The zero-order chi connectivity index (χ0) is 24.1. The summed E-state index contributed by atoms with van der Waals surface area (Å²) in [5.74, 6) is -0.760. The zero-order valence-electron chi connectivity index (χ0n) is 18.8. The Hall–Kier alpha value is -3.65. The molecule has 0 saturated heterocycles. The van der Waals surface area contributed by atoms with E-state index in [-0.39, 0.29) is 22.4 Å². The van der Waals surface area contributed by atoms with Crippen molar-refractivity contribution < 1.29 is 18.0 Å². The fraction of sp³-hybridized carbons (Fsp3) is 0.231. The van der Waals surface area contributed by atoms with E-state index in [1.165, 1.54) is 24.3 Å². The summed E-state index contributed by atoms with van der Waals surface area (Å²) < 4.78 is 28.3. The largest absolute Gasteiger partial charge is 0.352 e. The van der Waals surface area contributed by atoms with Crippen molar-refractivity contribution >= 4 is 27.5 Å². The number of carbonyl (C=O) groups is 2. The lowest BCUT2D eigenvalue weighted by atomic mass is 10.0. The third-order valence-electron chi connectivity index (χ3n) is 5.51. The minimum absolute atomic E-state index is 0.0382. The van der Waals surface area contributed by atoms with Crippen molar-refractivity contribution in [2.45, 2.75) is 43.2 Å². The van der Waals surface area contributed by atoms with Crippen LogP contribution in [0.25, 0.3) is 0 Å². The van der Waals surface area contributed by atoms with E-state index in [0.29, 0.717) is 12.1 Å². The molecule has 1 aliphatic rings. The molecule has 3 aromatic carbocycles. The highest BCUT2D eigenvalue weighted by molar-refractivity contribution is 7.92. The molecule has 1 atom stereocenters. The molecule has 1 fully saturated rings. The first-order chi connectivity index (χ1) is 16.3. The summed E-state index contributed by atoms with van der Waals surface area (Å²) in [6, 6.07) is 21.6. The van der Waals surface area contributed by atoms with Gasteiger partial charge in [0.15, 0.2) is 0 Å². The number of aryl methyl sites for hydroxylation is 1. The first-order valence-electron chi connectivity index (χ1n) is 11.1. The molecule has 0 aliphatic heterocycles. The van der Waals surface area contributed by atoms with Gasteiger partial charge in [-0.1, -0.05) is 48.5 Å². The number of nitrogens with one attached hydrogen (secondary N) is 3. The normalized spacial score (nSPS) is 14.1. The smallest absolute Gasteiger partial charge is 0.261 e. The van der Waals surface area contributed by atoms with Crippen LogP contribution in [0.15, 0.2) is 83.8 Å². The molecule has 8 heteroatoms. The maximum atomic E-state index is 13.0. The van der Waals surface area contributed by atoms with Crippen LogP contribution < -0.4 is 15.4 Å². The first kappa shape index (κ1) is 23.5. The fourth-order valence-electron chi connectivity index (χ4n) is 3.56. The van der Waals surface area contributed by atoms with Crippen molar-refractivity contribution in [1.82, 2.24) is 10.6 Å². The molecule has 1 aliphatic carbocycles. The van der Waals surface area contributed by atoms with Crippen LogP contribution in [-0.2, 0) is 21.2 Å². The molecule has 0 heterocycles. The van der Waals surface area contributed by atoms with Crippen molar-refractivity contribution in [3.63, 3.8) is 0 Å². The molecule has 0 bridgehead atoms. The molecule has 1 unspecified atom stereocenters. The molecular weight excluding hydrogens is 450 g/mol. The molecule has 0 aromatic heterocycles. The van der Waals surface area contributed by atoms with Crippen LogP contribution in [0.2, 0.25) is 0 Å². The minimum Gasteiger partial charge on any atom is -0.352 e. The Labute approximate surface area is 199 Å². The summed E-state index contributed by atoms with van der Waals surface area (Å²) in [5, 5.41) is 5.72. The van der Waals surface area contributed by atoms with Crippen LogP contribution in [0.5, 0.6) is 0 Å². The number of carbonyl (C=O) groups excluding carboxylic acids is 2. The molecule has 176 valence electrons. The van der Waals surface area contributed by atoms with Gasteiger partial charge in [-0.3, -0.25) is 14.3 Å². The Bertz CT molecular complexity index is 1290. The average Bonchev–Trinajstić information content (AvgIpc) is 3.63. The van der Waals surface area contributed by atoms with Crippen molar-refractivity contribution in [1.29, 1.82) is 0 Å². The van der Waals surface area contributed by atoms with Gasteiger partial charge in [0.25, 0.3) is 15.9 Å². The highest BCUT2D eigenvalue weighted by Gasteiger charge is 2.29. The Morgan fingerprint density at radius 1 is 0.941 bits per heavy atom. The Balaban J connectivity index is 1.51. The molecule has 3 N–H and O–H groups in total. The van der Waals surface area contributed by atoms with Crippen LogP contribution in [0.1, 0.15) is 34.3 Å². The second kappa shape index (κ2) is 10.1. The summed E-state index contributed by atoms with van der Waals surface area (Å²) in [7, 11) is -3.90. The van der Waals surface area contributed by atoms with Crippen LogP contribution in [0.4, 0.5) is 5.69 Å².